The molecular weight excluding hydrogens is 558 g/mol. The Kier molecular flexibility index (Phi) is 10.5. The van der Waals surface area contributed by atoms with Crippen molar-refractivity contribution < 1.29 is 33.3 Å². The SMILES string of the molecule is COC(=O)CCCNc1ncnc2c1ncn2[C@@H]1O[C@H](CN(CCCNC(=O)OC(C)(C)C)C(C)C)[C@H]2OC(C)(C)O[C@H]21. The van der Waals surface area contributed by atoms with Crippen LogP contribution in [0.1, 0.15) is 74.0 Å². The summed E-state index contributed by atoms with van der Waals surface area (Å²) in [7, 11) is 1.38. The smallest absolute Gasteiger partial charge is 0.407 e. The molecule has 4 atom stereocenters. The summed E-state index contributed by atoms with van der Waals surface area (Å²) in [6.45, 7) is 16.0. The van der Waals surface area contributed by atoms with Crippen LogP contribution in [0.5, 0.6) is 0 Å². The van der Waals surface area contributed by atoms with E-state index in [2.05, 4.69) is 44.3 Å². The second-order valence-corrected chi connectivity index (χ2v) is 12.7. The zero-order valence-corrected chi connectivity index (χ0v) is 26.6. The van der Waals surface area contributed by atoms with Crippen molar-refractivity contribution in [3.63, 3.8) is 0 Å². The molecule has 4 rings (SSSR count). The van der Waals surface area contributed by atoms with Crippen LogP contribution in [0, 0.1) is 0 Å². The van der Waals surface area contributed by atoms with Crippen molar-refractivity contribution in [1.29, 1.82) is 0 Å². The highest BCUT2D eigenvalue weighted by Gasteiger charge is 2.56. The Balaban J connectivity index is 1.43. The highest BCUT2D eigenvalue weighted by molar-refractivity contribution is 5.82. The van der Waals surface area contributed by atoms with Gasteiger partial charge < -0.3 is 34.3 Å². The molecule has 240 valence electrons. The quantitative estimate of drug-likeness (QED) is 0.255. The number of aromatic nitrogens is 4. The molecule has 0 spiro atoms. The number of ether oxygens (including phenoxy) is 5. The van der Waals surface area contributed by atoms with Crippen LogP contribution in [0.3, 0.4) is 0 Å². The molecule has 0 aromatic carbocycles. The maximum absolute atomic E-state index is 12.0. The number of fused-ring (bicyclic) bond motifs is 2. The van der Waals surface area contributed by atoms with Crippen molar-refractivity contribution >= 4 is 29.0 Å². The number of esters is 1. The number of imidazole rings is 1. The Morgan fingerprint density at radius 1 is 1.12 bits per heavy atom. The van der Waals surface area contributed by atoms with Crippen LogP contribution in [-0.2, 0) is 28.5 Å². The fourth-order valence-corrected chi connectivity index (χ4v) is 5.32. The second kappa shape index (κ2) is 13.7. The predicted molar refractivity (Wildman–Crippen MR) is 158 cm³/mol. The summed E-state index contributed by atoms with van der Waals surface area (Å²) < 4.78 is 31.3. The molecule has 0 saturated carbocycles. The summed E-state index contributed by atoms with van der Waals surface area (Å²) >= 11 is 0. The number of amides is 1. The van der Waals surface area contributed by atoms with E-state index in [1.807, 2.05) is 39.2 Å². The molecule has 14 heteroatoms. The standard InChI is InChI=1S/C29H47N7O7/c1-18(2)35(14-10-13-31-27(38)43-28(3,4)5)15-19-22-23(42-29(6,7)41-22)26(40-19)36-17-34-21-24(32-16-33-25(21)36)30-12-9-11-20(37)39-8/h16-19,22-23,26H,9-15H2,1-8H3,(H,31,38)(H,30,32,33)/t19-,22-,23-,26-/m1/s1. The third-order valence-electron chi connectivity index (χ3n) is 7.27. The van der Waals surface area contributed by atoms with Gasteiger partial charge in [-0.2, -0.15) is 0 Å². The summed E-state index contributed by atoms with van der Waals surface area (Å²) in [6, 6.07) is 0.243. The van der Waals surface area contributed by atoms with E-state index < -0.39 is 23.7 Å². The number of rotatable bonds is 13. The fourth-order valence-electron chi connectivity index (χ4n) is 5.32. The fraction of sp³-hybridized carbons (Fsp3) is 0.759. The van der Waals surface area contributed by atoms with Gasteiger partial charge in [-0.05, 0) is 61.3 Å². The molecular formula is C29H47N7O7. The lowest BCUT2D eigenvalue weighted by atomic mass is 10.1. The number of alkyl carbamates (subject to hydrolysis) is 1. The number of nitrogens with one attached hydrogen (secondary N) is 2. The Hall–Kier alpha value is -3.07. The van der Waals surface area contributed by atoms with E-state index in [0.29, 0.717) is 49.5 Å². The predicted octanol–water partition coefficient (Wildman–Crippen LogP) is 3.23. The average Bonchev–Trinajstić information content (AvgIpc) is 3.58. The van der Waals surface area contributed by atoms with E-state index in [1.165, 1.54) is 13.4 Å². The van der Waals surface area contributed by atoms with Crippen molar-refractivity contribution in [1.82, 2.24) is 29.7 Å². The van der Waals surface area contributed by atoms with Crippen LogP contribution in [0.4, 0.5) is 10.6 Å². The largest absolute Gasteiger partial charge is 0.469 e. The number of hydrogen-bond acceptors (Lipinski definition) is 12. The lowest BCUT2D eigenvalue weighted by Crippen LogP contribution is -2.44. The summed E-state index contributed by atoms with van der Waals surface area (Å²) in [6.07, 6.45) is 2.98. The van der Waals surface area contributed by atoms with E-state index in [4.69, 9.17) is 23.7 Å². The van der Waals surface area contributed by atoms with Gasteiger partial charge in [0.2, 0.25) is 0 Å². The number of methoxy groups -OCH3 is 1. The Bertz CT molecular complexity index is 1250. The summed E-state index contributed by atoms with van der Waals surface area (Å²) in [5.41, 5.74) is 0.676. The third-order valence-corrected chi connectivity index (χ3v) is 7.27. The van der Waals surface area contributed by atoms with Crippen LogP contribution in [0.15, 0.2) is 12.7 Å². The molecule has 2 aromatic rings. The third kappa shape index (κ3) is 8.52. The van der Waals surface area contributed by atoms with E-state index in [-0.39, 0.29) is 30.3 Å². The molecule has 2 aliphatic heterocycles. The van der Waals surface area contributed by atoms with Crippen LogP contribution in [0.25, 0.3) is 11.2 Å². The highest BCUT2D eigenvalue weighted by atomic mass is 16.8. The Morgan fingerprint density at radius 2 is 1.86 bits per heavy atom. The van der Waals surface area contributed by atoms with Crippen LogP contribution in [-0.4, -0.2) is 106 Å². The molecule has 2 saturated heterocycles. The van der Waals surface area contributed by atoms with Crippen LogP contribution in [0.2, 0.25) is 0 Å². The molecule has 4 heterocycles. The molecule has 2 aromatic heterocycles. The van der Waals surface area contributed by atoms with Gasteiger partial charge >= 0.3 is 12.1 Å². The van der Waals surface area contributed by atoms with Gasteiger partial charge in [-0.25, -0.2) is 19.7 Å². The van der Waals surface area contributed by atoms with Crippen molar-refractivity contribution in [2.45, 2.75) is 110 Å². The molecule has 1 amide bonds. The number of hydrogen-bond donors (Lipinski definition) is 2. The molecule has 2 aliphatic rings. The van der Waals surface area contributed by atoms with Gasteiger partial charge in [0.15, 0.2) is 29.0 Å². The maximum atomic E-state index is 12.0. The number of nitrogens with zero attached hydrogens (tertiary/aromatic N) is 5. The van der Waals surface area contributed by atoms with Gasteiger partial charge in [0, 0.05) is 38.6 Å². The van der Waals surface area contributed by atoms with Crippen molar-refractivity contribution in [3.05, 3.63) is 12.7 Å². The van der Waals surface area contributed by atoms with E-state index >= 15 is 0 Å². The Labute approximate surface area is 253 Å². The molecule has 14 nitrogen and oxygen atoms in total. The van der Waals surface area contributed by atoms with E-state index in [9.17, 15) is 9.59 Å². The normalized spacial score (nSPS) is 23.1. The topological polar surface area (TPSA) is 151 Å². The molecule has 0 radical (unpaired) electrons. The first kappa shape index (κ1) is 32.8. The van der Waals surface area contributed by atoms with Crippen molar-refractivity contribution in [2.75, 3.05) is 38.6 Å². The van der Waals surface area contributed by atoms with Crippen LogP contribution >= 0.6 is 0 Å². The van der Waals surface area contributed by atoms with Crippen molar-refractivity contribution in [3.8, 4) is 0 Å². The minimum absolute atomic E-state index is 0.243. The zero-order chi connectivity index (χ0) is 31.4. The van der Waals surface area contributed by atoms with E-state index in [1.54, 1.807) is 6.33 Å². The van der Waals surface area contributed by atoms with Crippen molar-refractivity contribution in [2.24, 2.45) is 0 Å². The zero-order valence-electron chi connectivity index (χ0n) is 26.6. The van der Waals surface area contributed by atoms with Gasteiger partial charge in [-0.15, -0.1) is 0 Å². The van der Waals surface area contributed by atoms with Gasteiger partial charge in [0.05, 0.1) is 13.4 Å². The molecule has 2 N–H and O–H groups in total. The first-order valence-electron chi connectivity index (χ1n) is 15.0. The first-order valence-corrected chi connectivity index (χ1v) is 15.0. The molecule has 43 heavy (non-hydrogen) atoms. The molecule has 0 unspecified atom stereocenters. The number of carbonyl (C=O) groups excluding carboxylic acids is 2. The monoisotopic (exact) mass is 605 g/mol. The minimum atomic E-state index is -0.771. The van der Waals surface area contributed by atoms with Gasteiger partial charge in [-0.3, -0.25) is 14.3 Å². The highest BCUT2D eigenvalue weighted by Crippen LogP contribution is 2.44. The van der Waals surface area contributed by atoms with Gasteiger partial charge in [-0.1, -0.05) is 0 Å². The molecule has 0 bridgehead atoms. The number of anilines is 1. The van der Waals surface area contributed by atoms with E-state index in [0.717, 1.165) is 13.0 Å². The maximum Gasteiger partial charge on any atom is 0.407 e. The number of carbonyl (C=O) groups is 2. The molecule has 0 aliphatic carbocycles. The average molecular weight is 606 g/mol. The van der Waals surface area contributed by atoms with Gasteiger partial charge in [0.1, 0.15) is 30.2 Å². The Morgan fingerprint density at radius 3 is 2.56 bits per heavy atom. The molecule has 2 fully saturated rings. The minimum Gasteiger partial charge on any atom is -0.469 e. The summed E-state index contributed by atoms with van der Waals surface area (Å²) in [4.78, 5) is 39.3. The van der Waals surface area contributed by atoms with Crippen LogP contribution < -0.4 is 10.6 Å². The summed E-state index contributed by atoms with van der Waals surface area (Å²) in [5.74, 6) is -0.445. The lowest BCUT2D eigenvalue weighted by molar-refractivity contribution is -0.198. The second-order valence-electron chi connectivity index (χ2n) is 12.7. The first-order chi connectivity index (χ1) is 20.3. The van der Waals surface area contributed by atoms with Gasteiger partial charge in [0.25, 0.3) is 0 Å². The lowest BCUT2D eigenvalue weighted by Gasteiger charge is -2.31. The summed E-state index contributed by atoms with van der Waals surface area (Å²) in [5, 5.41) is 6.08.